The van der Waals surface area contributed by atoms with Gasteiger partial charge in [0.15, 0.2) is 5.82 Å². The first kappa shape index (κ1) is 16.4. The first-order chi connectivity index (χ1) is 11.7. The van der Waals surface area contributed by atoms with Crippen molar-refractivity contribution in [3.05, 3.63) is 35.7 Å². The number of ether oxygens (including phenoxy) is 1. The van der Waals surface area contributed by atoms with Crippen LogP contribution in [0.15, 0.2) is 24.3 Å². The molecule has 1 amide bonds. The van der Waals surface area contributed by atoms with E-state index in [9.17, 15) is 4.79 Å². The van der Waals surface area contributed by atoms with E-state index >= 15 is 0 Å². The lowest BCUT2D eigenvalue weighted by molar-refractivity contribution is -0.130. The van der Waals surface area contributed by atoms with Crippen molar-refractivity contribution < 1.29 is 9.53 Å². The van der Waals surface area contributed by atoms with Gasteiger partial charge in [0.2, 0.25) is 5.91 Å². The number of aromatic nitrogens is 4. The molecular weight excluding hydrogens is 306 g/mol. The van der Waals surface area contributed by atoms with Crippen molar-refractivity contribution in [1.82, 2.24) is 25.1 Å². The molecule has 24 heavy (non-hydrogen) atoms. The van der Waals surface area contributed by atoms with Crippen LogP contribution in [0.1, 0.15) is 37.1 Å². The summed E-state index contributed by atoms with van der Waals surface area (Å²) in [6.07, 6.45) is 5.16. The van der Waals surface area contributed by atoms with Crippen LogP contribution < -0.4 is 4.74 Å². The zero-order chi connectivity index (χ0) is 16.8. The minimum atomic E-state index is 0.218. The lowest BCUT2D eigenvalue weighted by Crippen LogP contribution is -2.33. The van der Waals surface area contributed by atoms with Crippen molar-refractivity contribution in [1.29, 1.82) is 0 Å². The predicted molar refractivity (Wildman–Crippen MR) is 88.3 cm³/mol. The smallest absolute Gasteiger partial charge is 0.226 e. The molecule has 0 unspecified atom stereocenters. The Morgan fingerprint density at radius 3 is 2.46 bits per heavy atom. The average Bonchev–Trinajstić information content (AvgIpc) is 2.84. The second-order valence-electron chi connectivity index (χ2n) is 6.12. The van der Waals surface area contributed by atoms with Crippen molar-refractivity contribution >= 4 is 5.91 Å². The van der Waals surface area contributed by atoms with E-state index in [0.29, 0.717) is 18.9 Å². The molecule has 0 radical (unpaired) electrons. The predicted octanol–water partition coefficient (Wildman–Crippen LogP) is 1.73. The summed E-state index contributed by atoms with van der Waals surface area (Å²) < 4.78 is 7.24. The van der Waals surface area contributed by atoms with Crippen molar-refractivity contribution in [2.75, 3.05) is 13.1 Å². The number of likely N-dealkylation sites (tertiary alicyclic amines) is 1. The summed E-state index contributed by atoms with van der Waals surface area (Å²) in [5, 5.41) is 11.2. The lowest BCUT2D eigenvalue weighted by atomic mass is 10.1. The van der Waals surface area contributed by atoms with Crippen LogP contribution >= 0.6 is 0 Å². The SMILES string of the molecule is Cn1nnnc1COc1ccc(CC(=O)N2CCCCCC2)cc1. The minimum Gasteiger partial charge on any atom is -0.486 e. The standard InChI is InChI=1S/C17H23N5O2/c1-21-16(18-19-20-21)13-24-15-8-6-14(7-9-15)12-17(23)22-10-4-2-3-5-11-22/h6-9H,2-5,10-13H2,1H3. The molecule has 128 valence electrons. The fraction of sp³-hybridized carbons (Fsp3) is 0.529. The average molecular weight is 329 g/mol. The maximum absolute atomic E-state index is 12.4. The third-order valence-corrected chi connectivity index (χ3v) is 4.31. The molecule has 0 saturated carbocycles. The molecule has 3 rings (SSSR count). The molecule has 1 fully saturated rings. The monoisotopic (exact) mass is 329 g/mol. The van der Waals surface area contributed by atoms with Crippen LogP contribution in [0, 0.1) is 0 Å². The molecule has 1 saturated heterocycles. The highest BCUT2D eigenvalue weighted by atomic mass is 16.5. The van der Waals surface area contributed by atoms with Crippen LogP contribution in [0.25, 0.3) is 0 Å². The number of nitrogens with zero attached hydrogens (tertiary/aromatic N) is 5. The van der Waals surface area contributed by atoms with E-state index in [4.69, 9.17) is 4.74 Å². The van der Waals surface area contributed by atoms with Crippen molar-refractivity contribution in [3.8, 4) is 5.75 Å². The molecule has 0 bridgehead atoms. The van der Waals surface area contributed by atoms with Crippen LogP contribution in [0.3, 0.4) is 0 Å². The zero-order valence-electron chi connectivity index (χ0n) is 14.0. The van der Waals surface area contributed by atoms with Gasteiger partial charge in [0, 0.05) is 20.1 Å². The molecule has 1 aromatic carbocycles. The van der Waals surface area contributed by atoms with Gasteiger partial charge in [0.1, 0.15) is 12.4 Å². The Hall–Kier alpha value is -2.44. The molecule has 2 heterocycles. The fourth-order valence-electron chi connectivity index (χ4n) is 2.83. The summed E-state index contributed by atoms with van der Waals surface area (Å²) in [4.78, 5) is 14.4. The highest BCUT2D eigenvalue weighted by Crippen LogP contribution is 2.16. The minimum absolute atomic E-state index is 0.218. The molecular formula is C17H23N5O2. The molecule has 1 aromatic heterocycles. The van der Waals surface area contributed by atoms with Crippen molar-refractivity contribution in [2.24, 2.45) is 7.05 Å². The van der Waals surface area contributed by atoms with Crippen molar-refractivity contribution in [3.63, 3.8) is 0 Å². The summed E-state index contributed by atoms with van der Waals surface area (Å²) in [5.74, 6) is 1.62. The van der Waals surface area contributed by atoms with Crippen LogP contribution in [0.5, 0.6) is 5.75 Å². The van der Waals surface area contributed by atoms with Gasteiger partial charge < -0.3 is 9.64 Å². The fourth-order valence-corrected chi connectivity index (χ4v) is 2.83. The second-order valence-corrected chi connectivity index (χ2v) is 6.12. The van der Waals surface area contributed by atoms with Crippen LogP contribution in [0.4, 0.5) is 0 Å². The number of carbonyl (C=O) groups is 1. The Morgan fingerprint density at radius 1 is 1.12 bits per heavy atom. The summed E-state index contributed by atoms with van der Waals surface area (Å²) in [5.41, 5.74) is 1.01. The van der Waals surface area contributed by atoms with Crippen LogP contribution in [-0.4, -0.2) is 44.1 Å². The maximum Gasteiger partial charge on any atom is 0.226 e. The summed E-state index contributed by atoms with van der Waals surface area (Å²) in [6, 6.07) is 7.66. The van der Waals surface area contributed by atoms with E-state index in [0.717, 1.165) is 37.2 Å². The number of amides is 1. The highest BCUT2D eigenvalue weighted by molar-refractivity contribution is 5.78. The summed E-state index contributed by atoms with van der Waals surface area (Å²) in [6.45, 7) is 2.10. The number of benzene rings is 1. The normalized spacial score (nSPS) is 15.1. The molecule has 2 aromatic rings. The number of tetrazole rings is 1. The third-order valence-electron chi connectivity index (χ3n) is 4.31. The number of carbonyl (C=O) groups excluding carboxylic acids is 1. The Bertz CT molecular complexity index is 660. The zero-order valence-corrected chi connectivity index (χ0v) is 14.0. The van der Waals surface area contributed by atoms with Gasteiger partial charge in [-0.1, -0.05) is 25.0 Å². The molecule has 1 aliphatic heterocycles. The Labute approximate surface area is 141 Å². The first-order valence-corrected chi connectivity index (χ1v) is 8.43. The largest absolute Gasteiger partial charge is 0.486 e. The van der Waals surface area contributed by atoms with E-state index in [-0.39, 0.29) is 5.91 Å². The maximum atomic E-state index is 12.4. The number of rotatable bonds is 5. The third kappa shape index (κ3) is 4.31. The molecule has 0 atom stereocenters. The molecule has 0 N–H and O–H groups in total. The van der Waals surface area contributed by atoms with Crippen molar-refractivity contribution in [2.45, 2.75) is 38.7 Å². The first-order valence-electron chi connectivity index (χ1n) is 8.43. The van der Waals surface area contributed by atoms with Gasteiger partial charge in [-0.2, -0.15) is 0 Å². The molecule has 0 aliphatic carbocycles. The van der Waals surface area contributed by atoms with E-state index < -0.39 is 0 Å². The Morgan fingerprint density at radius 2 is 1.83 bits per heavy atom. The van der Waals surface area contributed by atoms with Crippen LogP contribution in [0.2, 0.25) is 0 Å². The Kier molecular flexibility index (Phi) is 5.40. The number of hydrogen-bond acceptors (Lipinski definition) is 5. The molecule has 0 spiro atoms. The van der Waals surface area contributed by atoms with Gasteiger partial charge in [-0.3, -0.25) is 4.79 Å². The summed E-state index contributed by atoms with van der Waals surface area (Å²) in [7, 11) is 1.77. The number of hydrogen-bond donors (Lipinski definition) is 0. The van der Waals surface area contributed by atoms with Gasteiger partial charge in [0.05, 0.1) is 6.42 Å². The van der Waals surface area contributed by atoms with Gasteiger partial charge in [-0.05, 0) is 41.0 Å². The van der Waals surface area contributed by atoms with Gasteiger partial charge in [-0.25, -0.2) is 4.68 Å². The van der Waals surface area contributed by atoms with E-state index in [2.05, 4.69) is 15.5 Å². The van der Waals surface area contributed by atoms with Gasteiger partial charge in [-0.15, -0.1) is 5.10 Å². The van der Waals surface area contributed by atoms with E-state index in [1.165, 1.54) is 12.8 Å². The van der Waals surface area contributed by atoms with Gasteiger partial charge >= 0.3 is 0 Å². The highest BCUT2D eigenvalue weighted by Gasteiger charge is 2.15. The van der Waals surface area contributed by atoms with Gasteiger partial charge in [0.25, 0.3) is 0 Å². The molecule has 7 nitrogen and oxygen atoms in total. The molecule has 7 heteroatoms. The quantitative estimate of drug-likeness (QED) is 0.835. The van der Waals surface area contributed by atoms with E-state index in [1.54, 1.807) is 11.7 Å². The van der Waals surface area contributed by atoms with Crippen LogP contribution in [-0.2, 0) is 24.9 Å². The topological polar surface area (TPSA) is 73.1 Å². The molecule has 1 aliphatic rings. The number of aryl methyl sites for hydroxylation is 1. The second kappa shape index (κ2) is 7.90. The summed E-state index contributed by atoms with van der Waals surface area (Å²) >= 11 is 0. The Balaban J connectivity index is 1.52. The van der Waals surface area contributed by atoms with E-state index in [1.807, 2.05) is 29.2 Å². The lowest BCUT2D eigenvalue weighted by Gasteiger charge is -2.20.